The van der Waals surface area contributed by atoms with Gasteiger partial charge in [-0.1, -0.05) is 25.3 Å². The summed E-state index contributed by atoms with van der Waals surface area (Å²) < 4.78 is 0. The molecule has 21 heavy (non-hydrogen) atoms. The summed E-state index contributed by atoms with van der Waals surface area (Å²) in [6.45, 7) is 0.764. The summed E-state index contributed by atoms with van der Waals surface area (Å²) in [5.41, 5.74) is 0.469. The fourth-order valence-corrected chi connectivity index (χ4v) is 3.39. The van der Waals surface area contributed by atoms with Crippen LogP contribution >= 0.6 is 0 Å². The first-order chi connectivity index (χ1) is 10.2. The average molecular weight is 287 g/mol. The van der Waals surface area contributed by atoms with Crippen molar-refractivity contribution in [2.75, 3.05) is 13.1 Å². The molecule has 2 fully saturated rings. The first-order valence-electron chi connectivity index (χ1n) is 7.69. The number of hydrogen-bond acceptors (Lipinski definition) is 3. The number of amides is 2. The van der Waals surface area contributed by atoms with Gasteiger partial charge in [-0.25, -0.2) is 0 Å². The molecule has 2 heterocycles. The summed E-state index contributed by atoms with van der Waals surface area (Å²) in [7, 11) is 0. The summed E-state index contributed by atoms with van der Waals surface area (Å²) in [5.74, 6) is 0.0772. The van der Waals surface area contributed by atoms with Crippen LogP contribution in [0.15, 0.2) is 24.5 Å². The van der Waals surface area contributed by atoms with Crippen molar-refractivity contribution in [1.29, 1.82) is 0 Å². The molecule has 2 aliphatic rings. The molecular formula is C16H21N3O2. The second-order valence-electron chi connectivity index (χ2n) is 6.03. The van der Waals surface area contributed by atoms with E-state index in [1.807, 2.05) is 18.3 Å². The maximum atomic E-state index is 12.8. The van der Waals surface area contributed by atoms with Crippen molar-refractivity contribution in [2.24, 2.45) is 0 Å². The fraction of sp³-hybridized carbons (Fsp3) is 0.562. The maximum absolute atomic E-state index is 12.8. The van der Waals surface area contributed by atoms with Crippen molar-refractivity contribution >= 4 is 11.8 Å². The summed E-state index contributed by atoms with van der Waals surface area (Å²) in [6.07, 6.45) is 9.03. The molecule has 1 aromatic heterocycles. The number of hydrogen-bond donors (Lipinski definition) is 1. The van der Waals surface area contributed by atoms with E-state index in [1.54, 1.807) is 11.1 Å². The fourth-order valence-electron chi connectivity index (χ4n) is 3.39. The zero-order chi connectivity index (χ0) is 14.7. The molecule has 1 aromatic rings. The Labute approximate surface area is 124 Å². The predicted octanol–water partition coefficient (Wildman–Crippen LogP) is 1.29. The molecule has 2 amide bonds. The SMILES string of the molecule is O=C1CN(CCc2cccnc2)C(=O)C2(CCCCC2)N1. The van der Waals surface area contributed by atoms with Gasteiger partial charge in [-0.05, 0) is 30.9 Å². The van der Waals surface area contributed by atoms with Gasteiger partial charge in [0, 0.05) is 18.9 Å². The van der Waals surface area contributed by atoms with Gasteiger partial charge in [-0.15, -0.1) is 0 Å². The molecule has 0 atom stereocenters. The lowest BCUT2D eigenvalue weighted by molar-refractivity contribution is -0.151. The van der Waals surface area contributed by atoms with Gasteiger partial charge in [-0.3, -0.25) is 14.6 Å². The molecule has 112 valence electrons. The molecule has 0 radical (unpaired) electrons. The van der Waals surface area contributed by atoms with Crippen molar-refractivity contribution in [3.8, 4) is 0 Å². The van der Waals surface area contributed by atoms with Crippen molar-refractivity contribution in [3.63, 3.8) is 0 Å². The molecule has 5 nitrogen and oxygen atoms in total. The van der Waals surface area contributed by atoms with Crippen molar-refractivity contribution in [1.82, 2.24) is 15.2 Å². The minimum Gasteiger partial charge on any atom is -0.340 e. The Morgan fingerprint density at radius 1 is 1.24 bits per heavy atom. The van der Waals surface area contributed by atoms with Crippen LogP contribution < -0.4 is 5.32 Å². The Morgan fingerprint density at radius 2 is 2.05 bits per heavy atom. The van der Waals surface area contributed by atoms with Crippen LogP contribution in [0.3, 0.4) is 0 Å². The first-order valence-corrected chi connectivity index (χ1v) is 7.69. The van der Waals surface area contributed by atoms with Gasteiger partial charge in [-0.2, -0.15) is 0 Å². The van der Waals surface area contributed by atoms with Gasteiger partial charge in [0.2, 0.25) is 11.8 Å². The lowest BCUT2D eigenvalue weighted by Gasteiger charge is -2.44. The van der Waals surface area contributed by atoms with E-state index in [0.29, 0.717) is 6.54 Å². The molecule has 5 heteroatoms. The lowest BCUT2D eigenvalue weighted by atomic mass is 9.79. The van der Waals surface area contributed by atoms with Gasteiger partial charge in [0.1, 0.15) is 5.54 Å². The largest absolute Gasteiger partial charge is 0.340 e. The van der Waals surface area contributed by atoms with E-state index in [9.17, 15) is 9.59 Å². The van der Waals surface area contributed by atoms with Crippen molar-refractivity contribution < 1.29 is 9.59 Å². The summed E-state index contributed by atoms with van der Waals surface area (Å²) in [6, 6.07) is 3.89. The number of carbonyl (C=O) groups is 2. The second-order valence-corrected chi connectivity index (χ2v) is 6.03. The van der Waals surface area contributed by atoms with E-state index in [4.69, 9.17) is 0 Å². The average Bonchev–Trinajstić information content (AvgIpc) is 2.51. The highest BCUT2D eigenvalue weighted by molar-refractivity contribution is 5.98. The van der Waals surface area contributed by atoms with E-state index < -0.39 is 5.54 Å². The van der Waals surface area contributed by atoms with Crippen LogP contribution in [-0.2, 0) is 16.0 Å². The van der Waals surface area contributed by atoms with Gasteiger partial charge >= 0.3 is 0 Å². The van der Waals surface area contributed by atoms with E-state index in [-0.39, 0.29) is 18.4 Å². The molecule has 1 N–H and O–H groups in total. The highest BCUT2D eigenvalue weighted by Crippen LogP contribution is 2.31. The number of piperazine rings is 1. The zero-order valence-corrected chi connectivity index (χ0v) is 12.2. The molecular weight excluding hydrogens is 266 g/mol. The smallest absolute Gasteiger partial charge is 0.248 e. The Bertz CT molecular complexity index is 524. The molecule has 1 saturated heterocycles. The summed E-state index contributed by atoms with van der Waals surface area (Å²) in [4.78, 5) is 30.6. The highest BCUT2D eigenvalue weighted by atomic mass is 16.2. The normalized spacial score (nSPS) is 21.4. The van der Waals surface area contributed by atoms with Crippen LogP contribution in [0.4, 0.5) is 0 Å². The van der Waals surface area contributed by atoms with Crippen LogP contribution in [0, 0.1) is 0 Å². The van der Waals surface area contributed by atoms with Crippen LogP contribution in [-0.4, -0.2) is 40.3 Å². The molecule has 0 unspecified atom stereocenters. The van der Waals surface area contributed by atoms with E-state index in [0.717, 1.165) is 44.1 Å². The number of rotatable bonds is 3. The maximum Gasteiger partial charge on any atom is 0.248 e. The van der Waals surface area contributed by atoms with E-state index >= 15 is 0 Å². The molecule has 1 spiro atoms. The van der Waals surface area contributed by atoms with Gasteiger partial charge in [0.05, 0.1) is 6.54 Å². The Morgan fingerprint density at radius 3 is 2.76 bits per heavy atom. The standard InChI is InChI=1S/C16H21N3O2/c20-14-12-19(10-6-13-5-4-9-17-11-13)15(21)16(18-14)7-2-1-3-8-16/h4-5,9,11H,1-3,6-8,10,12H2,(H,18,20). The molecule has 1 aliphatic carbocycles. The number of nitrogens with zero attached hydrogens (tertiary/aromatic N) is 2. The van der Waals surface area contributed by atoms with Crippen LogP contribution in [0.2, 0.25) is 0 Å². The van der Waals surface area contributed by atoms with Crippen LogP contribution in [0.25, 0.3) is 0 Å². The molecule has 0 bridgehead atoms. The summed E-state index contributed by atoms with van der Waals surface area (Å²) in [5, 5.41) is 2.97. The highest BCUT2D eigenvalue weighted by Gasteiger charge is 2.46. The summed E-state index contributed by atoms with van der Waals surface area (Å²) >= 11 is 0. The van der Waals surface area contributed by atoms with E-state index in [2.05, 4.69) is 10.3 Å². The quantitative estimate of drug-likeness (QED) is 0.911. The predicted molar refractivity (Wildman–Crippen MR) is 78.5 cm³/mol. The van der Waals surface area contributed by atoms with E-state index in [1.165, 1.54) is 0 Å². The van der Waals surface area contributed by atoms with Gasteiger partial charge in [0.15, 0.2) is 0 Å². The molecule has 0 aromatic carbocycles. The molecule has 1 aliphatic heterocycles. The second kappa shape index (κ2) is 5.84. The number of aromatic nitrogens is 1. The third-order valence-corrected chi connectivity index (χ3v) is 4.51. The molecule has 1 saturated carbocycles. The van der Waals surface area contributed by atoms with Crippen molar-refractivity contribution in [3.05, 3.63) is 30.1 Å². The Balaban J connectivity index is 1.69. The Kier molecular flexibility index (Phi) is 3.90. The molecule has 3 rings (SSSR count). The van der Waals surface area contributed by atoms with Crippen LogP contribution in [0.1, 0.15) is 37.7 Å². The minimum atomic E-state index is -0.622. The topological polar surface area (TPSA) is 62.3 Å². The Hall–Kier alpha value is -1.91. The zero-order valence-electron chi connectivity index (χ0n) is 12.2. The van der Waals surface area contributed by atoms with Crippen molar-refractivity contribution in [2.45, 2.75) is 44.1 Å². The minimum absolute atomic E-state index is 0.0253. The van der Waals surface area contributed by atoms with Crippen LogP contribution in [0.5, 0.6) is 0 Å². The third kappa shape index (κ3) is 2.91. The number of nitrogens with one attached hydrogen (secondary N) is 1. The third-order valence-electron chi connectivity index (χ3n) is 4.51. The first kappa shape index (κ1) is 14.0. The van der Waals surface area contributed by atoms with Gasteiger partial charge < -0.3 is 10.2 Å². The monoisotopic (exact) mass is 287 g/mol. The lowest BCUT2D eigenvalue weighted by Crippen LogP contribution is -2.67. The number of pyridine rings is 1. The number of carbonyl (C=O) groups excluding carboxylic acids is 2. The van der Waals surface area contributed by atoms with Gasteiger partial charge in [0.25, 0.3) is 0 Å².